The molecule has 2 rings (SSSR count). The summed E-state index contributed by atoms with van der Waals surface area (Å²) in [7, 11) is 3.12. The first-order valence-corrected chi connectivity index (χ1v) is 4.92. The van der Waals surface area contributed by atoms with E-state index in [1.807, 2.05) is 0 Å². The second-order valence-corrected chi connectivity index (χ2v) is 3.28. The zero-order valence-electron chi connectivity index (χ0n) is 9.47. The minimum atomic E-state index is -0.459. The average Bonchev–Trinajstić information content (AvgIpc) is 2.75. The van der Waals surface area contributed by atoms with Gasteiger partial charge in [0, 0.05) is 0 Å². The van der Waals surface area contributed by atoms with Gasteiger partial charge in [0.1, 0.15) is 0 Å². The molecular weight excluding hydrogens is 222 g/mol. The molecule has 1 heterocycles. The smallest absolute Gasteiger partial charge is 0.363 e. The van der Waals surface area contributed by atoms with Crippen LogP contribution in [0.3, 0.4) is 0 Å². The first-order chi connectivity index (χ1) is 8.24. The largest absolute Gasteiger partial charge is 0.493 e. The minimum Gasteiger partial charge on any atom is -0.493 e. The molecule has 0 aliphatic carbocycles. The van der Waals surface area contributed by atoms with Crippen molar-refractivity contribution in [3.05, 3.63) is 29.5 Å². The Hall–Kier alpha value is -2.30. The van der Waals surface area contributed by atoms with Crippen molar-refractivity contribution in [1.29, 1.82) is 0 Å². The number of nitrogens with zero attached hydrogens (tertiary/aromatic N) is 1. The molecule has 0 saturated carbocycles. The van der Waals surface area contributed by atoms with Crippen LogP contribution in [0.2, 0.25) is 0 Å². The number of esters is 1. The van der Waals surface area contributed by atoms with Crippen LogP contribution in [0.1, 0.15) is 5.56 Å². The van der Waals surface area contributed by atoms with E-state index in [4.69, 9.17) is 9.47 Å². The summed E-state index contributed by atoms with van der Waals surface area (Å²) >= 11 is 0. The highest BCUT2D eigenvalue weighted by Crippen LogP contribution is 2.28. The zero-order valence-corrected chi connectivity index (χ0v) is 9.47. The molecule has 0 saturated heterocycles. The molecule has 1 aliphatic rings. The summed E-state index contributed by atoms with van der Waals surface area (Å²) in [5, 5.41) is 0. The third-order valence-corrected chi connectivity index (χ3v) is 2.27. The van der Waals surface area contributed by atoms with Crippen molar-refractivity contribution in [2.24, 2.45) is 4.99 Å². The Morgan fingerprint density at radius 3 is 2.59 bits per heavy atom. The molecule has 1 aromatic carbocycles. The van der Waals surface area contributed by atoms with Crippen LogP contribution in [0.15, 0.2) is 28.9 Å². The third kappa shape index (κ3) is 2.28. The predicted octanol–water partition coefficient (Wildman–Crippen LogP) is 1.63. The second kappa shape index (κ2) is 4.69. The van der Waals surface area contributed by atoms with E-state index in [2.05, 4.69) is 9.73 Å². The van der Waals surface area contributed by atoms with Crippen LogP contribution in [0.5, 0.6) is 11.5 Å². The standard InChI is InChI=1S/C12H11NO4/c1-15-10-4-3-8(6-11(10)16-2)5-9-12(14)17-7-13-9/h3-7H,1-2H3/b9-5+. The molecule has 1 aromatic rings. The van der Waals surface area contributed by atoms with Crippen LogP contribution < -0.4 is 9.47 Å². The van der Waals surface area contributed by atoms with Crippen molar-refractivity contribution in [2.45, 2.75) is 0 Å². The fourth-order valence-corrected chi connectivity index (χ4v) is 1.44. The van der Waals surface area contributed by atoms with Gasteiger partial charge in [-0.05, 0) is 23.8 Å². The molecule has 0 unspecified atom stereocenters. The number of hydrogen-bond acceptors (Lipinski definition) is 5. The number of carbonyl (C=O) groups excluding carboxylic acids is 1. The number of aliphatic imine (C=N–C) groups is 1. The van der Waals surface area contributed by atoms with Crippen molar-refractivity contribution in [3.8, 4) is 11.5 Å². The summed E-state index contributed by atoms with van der Waals surface area (Å²) in [6, 6.07) is 5.32. The van der Waals surface area contributed by atoms with Crippen molar-refractivity contribution >= 4 is 18.4 Å². The number of cyclic esters (lactones) is 1. The van der Waals surface area contributed by atoms with E-state index >= 15 is 0 Å². The van der Waals surface area contributed by atoms with Crippen LogP contribution in [0.25, 0.3) is 6.08 Å². The lowest BCUT2D eigenvalue weighted by Gasteiger charge is -2.07. The van der Waals surface area contributed by atoms with Crippen LogP contribution in [0.4, 0.5) is 0 Å². The molecule has 0 aromatic heterocycles. The highest BCUT2D eigenvalue weighted by molar-refractivity contribution is 6.01. The maximum absolute atomic E-state index is 11.2. The molecule has 0 N–H and O–H groups in total. The van der Waals surface area contributed by atoms with Crippen molar-refractivity contribution < 1.29 is 19.0 Å². The summed E-state index contributed by atoms with van der Waals surface area (Å²) < 4.78 is 14.9. The fourth-order valence-electron chi connectivity index (χ4n) is 1.44. The minimum absolute atomic E-state index is 0.261. The van der Waals surface area contributed by atoms with E-state index < -0.39 is 5.97 Å². The van der Waals surface area contributed by atoms with E-state index in [1.165, 1.54) is 0 Å². The molecule has 1 aliphatic heterocycles. The summed E-state index contributed by atoms with van der Waals surface area (Å²) in [5.41, 5.74) is 1.05. The van der Waals surface area contributed by atoms with Gasteiger partial charge >= 0.3 is 5.97 Å². The molecule has 0 radical (unpaired) electrons. The van der Waals surface area contributed by atoms with Crippen LogP contribution >= 0.6 is 0 Å². The van der Waals surface area contributed by atoms with Crippen molar-refractivity contribution in [2.75, 3.05) is 14.2 Å². The van der Waals surface area contributed by atoms with E-state index in [-0.39, 0.29) is 5.70 Å². The molecule has 0 atom stereocenters. The Balaban J connectivity index is 2.34. The Morgan fingerprint density at radius 2 is 2.00 bits per heavy atom. The highest BCUT2D eigenvalue weighted by Gasteiger charge is 2.15. The normalized spacial score (nSPS) is 16.1. The van der Waals surface area contributed by atoms with Gasteiger partial charge in [-0.2, -0.15) is 0 Å². The summed E-state index contributed by atoms with van der Waals surface area (Å²) in [4.78, 5) is 15.0. The zero-order chi connectivity index (χ0) is 12.3. The molecule has 0 spiro atoms. The van der Waals surface area contributed by atoms with Gasteiger partial charge in [0.2, 0.25) is 0 Å². The summed E-state index contributed by atoms with van der Waals surface area (Å²) in [6.07, 6.45) is 2.74. The number of rotatable bonds is 3. The van der Waals surface area contributed by atoms with Crippen LogP contribution in [0, 0.1) is 0 Å². The van der Waals surface area contributed by atoms with Crippen LogP contribution in [-0.4, -0.2) is 26.6 Å². The van der Waals surface area contributed by atoms with E-state index in [0.717, 1.165) is 12.0 Å². The monoisotopic (exact) mass is 233 g/mol. The van der Waals surface area contributed by atoms with E-state index in [9.17, 15) is 4.79 Å². The quantitative estimate of drug-likeness (QED) is 0.588. The first kappa shape index (κ1) is 11.2. The van der Waals surface area contributed by atoms with Gasteiger partial charge in [-0.15, -0.1) is 0 Å². The molecule has 88 valence electrons. The first-order valence-electron chi connectivity index (χ1n) is 4.92. The summed E-state index contributed by atoms with van der Waals surface area (Å²) in [5.74, 6) is 0.768. The lowest BCUT2D eigenvalue weighted by atomic mass is 10.1. The molecule has 0 amide bonds. The second-order valence-electron chi connectivity index (χ2n) is 3.28. The predicted molar refractivity (Wildman–Crippen MR) is 62.1 cm³/mol. The molecule has 17 heavy (non-hydrogen) atoms. The molecule has 0 fully saturated rings. The van der Waals surface area contributed by atoms with Gasteiger partial charge in [0.15, 0.2) is 23.6 Å². The van der Waals surface area contributed by atoms with Gasteiger partial charge in [-0.3, -0.25) is 0 Å². The van der Waals surface area contributed by atoms with Gasteiger partial charge in [-0.1, -0.05) is 6.07 Å². The number of carbonyl (C=O) groups is 1. The van der Waals surface area contributed by atoms with Gasteiger partial charge in [-0.25, -0.2) is 9.79 Å². The van der Waals surface area contributed by atoms with E-state index in [1.54, 1.807) is 38.5 Å². The lowest BCUT2D eigenvalue weighted by molar-refractivity contribution is -0.129. The third-order valence-electron chi connectivity index (χ3n) is 2.27. The Kier molecular flexibility index (Phi) is 3.09. The fraction of sp³-hybridized carbons (Fsp3) is 0.167. The Labute approximate surface area is 98.3 Å². The number of methoxy groups -OCH3 is 2. The highest BCUT2D eigenvalue weighted by atomic mass is 16.5. The number of benzene rings is 1. The van der Waals surface area contributed by atoms with Gasteiger partial charge in [0.05, 0.1) is 14.2 Å². The Bertz CT molecular complexity index is 505. The average molecular weight is 233 g/mol. The van der Waals surface area contributed by atoms with Crippen molar-refractivity contribution in [3.63, 3.8) is 0 Å². The topological polar surface area (TPSA) is 57.1 Å². The maximum Gasteiger partial charge on any atom is 0.363 e. The van der Waals surface area contributed by atoms with E-state index in [0.29, 0.717) is 11.5 Å². The van der Waals surface area contributed by atoms with Gasteiger partial charge < -0.3 is 14.2 Å². The maximum atomic E-state index is 11.2. The number of hydrogen-bond donors (Lipinski definition) is 0. The molecule has 5 nitrogen and oxygen atoms in total. The SMILES string of the molecule is COc1ccc(/C=C2/N=COC2=O)cc1OC. The summed E-state index contributed by atoms with van der Waals surface area (Å²) in [6.45, 7) is 0. The Morgan fingerprint density at radius 1 is 1.24 bits per heavy atom. The van der Waals surface area contributed by atoms with Crippen LogP contribution in [-0.2, 0) is 9.53 Å². The van der Waals surface area contributed by atoms with Gasteiger partial charge in [0.25, 0.3) is 0 Å². The number of ether oxygens (including phenoxy) is 3. The molecule has 0 bridgehead atoms. The molecular formula is C12H11NO4. The lowest BCUT2D eigenvalue weighted by Crippen LogP contribution is -1.96. The molecule has 5 heteroatoms. The van der Waals surface area contributed by atoms with Crippen molar-refractivity contribution in [1.82, 2.24) is 0 Å².